The SMILES string of the molecule is COc1ccc(C(=O)NC(=S)Nc2cccc(-c3nc4cc(Cl)ccc4o3)c2C)cc1Cl. The zero-order chi connectivity index (χ0) is 22.8. The number of halogens is 2. The van der Waals surface area contributed by atoms with E-state index in [0.29, 0.717) is 44.0 Å². The average Bonchev–Trinajstić information content (AvgIpc) is 3.18. The van der Waals surface area contributed by atoms with Crippen LogP contribution in [0.2, 0.25) is 10.0 Å². The van der Waals surface area contributed by atoms with Crippen molar-refractivity contribution in [2.75, 3.05) is 12.4 Å². The van der Waals surface area contributed by atoms with Crippen LogP contribution in [0, 0.1) is 6.92 Å². The van der Waals surface area contributed by atoms with Gasteiger partial charge >= 0.3 is 0 Å². The number of anilines is 1. The minimum Gasteiger partial charge on any atom is -0.495 e. The summed E-state index contributed by atoms with van der Waals surface area (Å²) in [4.78, 5) is 17.1. The lowest BCUT2D eigenvalue weighted by Crippen LogP contribution is -2.34. The van der Waals surface area contributed by atoms with Gasteiger partial charge in [0.25, 0.3) is 5.91 Å². The molecular formula is C23H17Cl2N3O3S. The summed E-state index contributed by atoms with van der Waals surface area (Å²) in [6.07, 6.45) is 0. The molecule has 0 aliphatic carbocycles. The van der Waals surface area contributed by atoms with E-state index in [0.717, 1.165) is 11.1 Å². The average molecular weight is 486 g/mol. The first kappa shape index (κ1) is 22.1. The van der Waals surface area contributed by atoms with E-state index >= 15 is 0 Å². The number of ether oxygens (including phenoxy) is 1. The van der Waals surface area contributed by atoms with Crippen molar-refractivity contribution in [3.63, 3.8) is 0 Å². The number of amides is 1. The van der Waals surface area contributed by atoms with Crippen LogP contribution >= 0.6 is 35.4 Å². The van der Waals surface area contributed by atoms with Gasteiger partial charge in [0, 0.05) is 21.8 Å². The molecule has 1 aromatic heterocycles. The van der Waals surface area contributed by atoms with E-state index in [-0.39, 0.29) is 5.11 Å². The van der Waals surface area contributed by atoms with Crippen molar-refractivity contribution in [3.8, 4) is 17.2 Å². The molecule has 0 aliphatic heterocycles. The van der Waals surface area contributed by atoms with Crippen molar-refractivity contribution in [2.45, 2.75) is 6.92 Å². The van der Waals surface area contributed by atoms with Gasteiger partial charge in [-0.15, -0.1) is 0 Å². The zero-order valence-corrected chi connectivity index (χ0v) is 19.4. The largest absolute Gasteiger partial charge is 0.495 e. The maximum atomic E-state index is 12.5. The normalized spacial score (nSPS) is 10.8. The molecule has 0 atom stereocenters. The summed E-state index contributed by atoms with van der Waals surface area (Å²) >= 11 is 17.5. The molecule has 4 aromatic rings. The van der Waals surface area contributed by atoms with Gasteiger partial charge in [-0.25, -0.2) is 4.98 Å². The van der Waals surface area contributed by atoms with E-state index in [4.69, 9.17) is 44.6 Å². The van der Waals surface area contributed by atoms with Crippen LogP contribution in [0.25, 0.3) is 22.6 Å². The Bertz CT molecular complexity index is 1350. The number of nitrogens with zero attached hydrogens (tertiary/aromatic N) is 1. The minimum absolute atomic E-state index is 0.145. The van der Waals surface area contributed by atoms with Crippen LogP contribution in [0.1, 0.15) is 15.9 Å². The topological polar surface area (TPSA) is 76.4 Å². The van der Waals surface area contributed by atoms with Gasteiger partial charge in [0.15, 0.2) is 10.7 Å². The van der Waals surface area contributed by atoms with Crippen molar-refractivity contribution >= 4 is 63.2 Å². The maximum absolute atomic E-state index is 12.5. The van der Waals surface area contributed by atoms with Gasteiger partial charge in [0.2, 0.25) is 5.89 Å². The molecule has 0 saturated carbocycles. The molecule has 9 heteroatoms. The highest BCUT2D eigenvalue weighted by Crippen LogP contribution is 2.31. The third-order valence-electron chi connectivity index (χ3n) is 4.80. The lowest BCUT2D eigenvalue weighted by atomic mass is 10.1. The molecule has 2 N–H and O–H groups in total. The van der Waals surface area contributed by atoms with Crippen LogP contribution in [-0.2, 0) is 0 Å². The van der Waals surface area contributed by atoms with Crippen LogP contribution in [0.3, 0.4) is 0 Å². The molecule has 0 aliphatic rings. The molecule has 32 heavy (non-hydrogen) atoms. The molecule has 1 heterocycles. The molecule has 0 spiro atoms. The summed E-state index contributed by atoms with van der Waals surface area (Å²) in [5.41, 5.74) is 4.03. The smallest absolute Gasteiger partial charge is 0.257 e. The summed E-state index contributed by atoms with van der Waals surface area (Å²) in [5.74, 6) is 0.556. The number of hydrogen-bond donors (Lipinski definition) is 2. The Balaban J connectivity index is 1.52. The molecule has 0 radical (unpaired) electrons. The predicted molar refractivity (Wildman–Crippen MR) is 131 cm³/mol. The van der Waals surface area contributed by atoms with Gasteiger partial charge in [-0.05, 0) is 73.2 Å². The summed E-state index contributed by atoms with van der Waals surface area (Å²) in [6.45, 7) is 1.91. The Labute approximate surface area is 199 Å². The second-order valence-electron chi connectivity index (χ2n) is 6.87. The highest BCUT2D eigenvalue weighted by atomic mass is 35.5. The number of aromatic nitrogens is 1. The Morgan fingerprint density at radius 1 is 1.12 bits per heavy atom. The number of benzene rings is 3. The third-order valence-corrected chi connectivity index (χ3v) is 5.54. The first-order chi connectivity index (χ1) is 15.4. The van der Waals surface area contributed by atoms with Crippen molar-refractivity contribution < 1.29 is 13.9 Å². The van der Waals surface area contributed by atoms with Crippen molar-refractivity contribution in [1.82, 2.24) is 10.3 Å². The highest BCUT2D eigenvalue weighted by Gasteiger charge is 2.15. The van der Waals surface area contributed by atoms with E-state index in [1.54, 1.807) is 30.3 Å². The molecule has 3 aromatic carbocycles. The number of hydrogen-bond acceptors (Lipinski definition) is 5. The zero-order valence-electron chi connectivity index (χ0n) is 17.0. The second kappa shape index (κ2) is 9.16. The second-order valence-corrected chi connectivity index (χ2v) is 8.12. The first-order valence-electron chi connectivity index (χ1n) is 9.47. The fourth-order valence-electron chi connectivity index (χ4n) is 3.16. The molecule has 0 bridgehead atoms. The Morgan fingerprint density at radius 3 is 2.69 bits per heavy atom. The standard InChI is InChI=1S/C23H17Cl2N3O3S/c1-12-15(22-26-18-11-14(24)7-9-20(18)31-22)4-3-5-17(12)27-23(32)28-21(29)13-6-8-19(30-2)16(25)10-13/h3-11H,1-2H3,(H2,27,28,29,32). The first-order valence-corrected chi connectivity index (χ1v) is 10.6. The lowest BCUT2D eigenvalue weighted by molar-refractivity contribution is 0.0977. The van der Waals surface area contributed by atoms with Crippen LogP contribution in [0.4, 0.5) is 5.69 Å². The fraction of sp³-hybridized carbons (Fsp3) is 0.0870. The summed E-state index contributed by atoms with van der Waals surface area (Å²) in [7, 11) is 1.51. The quantitative estimate of drug-likeness (QED) is 0.333. The maximum Gasteiger partial charge on any atom is 0.257 e. The molecular weight excluding hydrogens is 469 g/mol. The van der Waals surface area contributed by atoms with Crippen molar-refractivity contribution in [3.05, 3.63) is 75.8 Å². The van der Waals surface area contributed by atoms with Gasteiger partial charge in [0.05, 0.1) is 12.1 Å². The van der Waals surface area contributed by atoms with Gasteiger partial charge in [-0.3, -0.25) is 10.1 Å². The Hall–Kier alpha value is -3.13. The Kier molecular flexibility index (Phi) is 6.32. The number of carbonyl (C=O) groups is 1. The molecule has 0 saturated heterocycles. The fourth-order valence-corrected chi connectivity index (χ4v) is 3.78. The van der Waals surface area contributed by atoms with Gasteiger partial charge in [0.1, 0.15) is 11.3 Å². The van der Waals surface area contributed by atoms with E-state index in [9.17, 15) is 4.79 Å². The molecule has 4 rings (SSSR count). The molecule has 0 unspecified atom stereocenters. The number of methoxy groups -OCH3 is 1. The monoisotopic (exact) mass is 485 g/mol. The number of rotatable bonds is 4. The molecule has 162 valence electrons. The summed E-state index contributed by atoms with van der Waals surface area (Å²) < 4.78 is 11.0. The van der Waals surface area contributed by atoms with Crippen LogP contribution in [-0.4, -0.2) is 23.1 Å². The number of thiocarbonyl (C=S) groups is 1. The van der Waals surface area contributed by atoms with E-state index < -0.39 is 5.91 Å². The molecule has 6 nitrogen and oxygen atoms in total. The van der Waals surface area contributed by atoms with Crippen LogP contribution in [0.5, 0.6) is 5.75 Å². The third kappa shape index (κ3) is 4.55. The van der Waals surface area contributed by atoms with Crippen LogP contribution in [0.15, 0.2) is 59.0 Å². The molecule has 0 fully saturated rings. The lowest BCUT2D eigenvalue weighted by Gasteiger charge is -2.13. The Morgan fingerprint density at radius 2 is 1.94 bits per heavy atom. The number of nitrogens with one attached hydrogen (secondary N) is 2. The number of fused-ring (bicyclic) bond motifs is 1. The van der Waals surface area contributed by atoms with Crippen LogP contribution < -0.4 is 15.4 Å². The van der Waals surface area contributed by atoms with Gasteiger partial charge in [-0.1, -0.05) is 29.3 Å². The van der Waals surface area contributed by atoms with Gasteiger partial charge < -0.3 is 14.5 Å². The van der Waals surface area contributed by atoms with Gasteiger partial charge in [-0.2, -0.15) is 0 Å². The van der Waals surface area contributed by atoms with Crippen molar-refractivity contribution in [1.29, 1.82) is 0 Å². The van der Waals surface area contributed by atoms with Crippen molar-refractivity contribution in [2.24, 2.45) is 0 Å². The predicted octanol–water partition coefficient (Wildman–Crippen LogP) is 6.25. The number of carbonyl (C=O) groups excluding carboxylic acids is 1. The van der Waals surface area contributed by atoms with E-state index in [1.807, 2.05) is 25.1 Å². The van der Waals surface area contributed by atoms with E-state index in [2.05, 4.69) is 15.6 Å². The van der Waals surface area contributed by atoms with E-state index in [1.165, 1.54) is 13.2 Å². The summed E-state index contributed by atoms with van der Waals surface area (Å²) in [5, 5.41) is 6.77. The number of oxazole rings is 1. The molecule has 1 amide bonds. The minimum atomic E-state index is -0.392. The summed E-state index contributed by atoms with van der Waals surface area (Å²) in [6, 6.07) is 15.6. The highest BCUT2D eigenvalue weighted by molar-refractivity contribution is 7.80.